The lowest BCUT2D eigenvalue weighted by Gasteiger charge is -2.36. The topological polar surface area (TPSA) is 15.3 Å². The standard InChI is InChI=1S/C11H14Cl2N2/c1-8-7-14-5-6-15(8)11-9(12)3-2-4-10(11)13/h2-4,8,14H,5-7H2,1H3. The molecule has 1 unspecified atom stereocenters. The fraction of sp³-hybridized carbons (Fsp3) is 0.455. The molecule has 0 spiro atoms. The molecule has 1 heterocycles. The molecule has 1 atom stereocenters. The number of nitrogens with one attached hydrogen (secondary N) is 1. The number of nitrogens with zero attached hydrogens (tertiary/aromatic N) is 1. The summed E-state index contributed by atoms with van der Waals surface area (Å²) in [6, 6.07) is 6.08. The first kappa shape index (κ1) is 11.1. The Balaban J connectivity index is 2.35. The fourth-order valence-electron chi connectivity index (χ4n) is 1.94. The molecule has 1 fully saturated rings. The van der Waals surface area contributed by atoms with Crippen LogP contribution in [-0.4, -0.2) is 25.7 Å². The molecule has 0 aromatic heterocycles. The van der Waals surface area contributed by atoms with Gasteiger partial charge in [0, 0.05) is 25.7 Å². The highest BCUT2D eigenvalue weighted by atomic mass is 35.5. The third kappa shape index (κ3) is 2.22. The largest absolute Gasteiger partial charge is 0.364 e. The summed E-state index contributed by atoms with van der Waals surface area (Å²) in [5.41, 5.74) is 0.967. The minimum absolute atomic E-state index is 0.427. The Kier molecular flexibility index (Phi) is 3.39. The Morgan fingerprint density at radius 2 is 2.00 bits per heavy atom. The molecular weight excluding hydrogens is 231 g/mol. The molecule has 0 aliphatic carbocycles. The first-order chi connectivity index (χ1) is 7.20. The van der Waals surface area contributed by atoms with Crippen LogP contribution in [0.15, 0.2) is 18.2 Å². The zero-order valence-electron chi connectivity index (χ0n) is 8.63. The normalized spacial score (nSPS) is 21.8. The Morgan fingerprint density at radius 3 is 2.60 bits per heavy atom. The van der Waals surface area contributed by atoms with Gasteiger partial charge in [0.1, 0.15) is 0 Å². The van der Waals surface area contributed by atoms with Gasteiger partial charge in [-0.05, 0) is 19.1 Å². The molecular formula is C11H14Cl2N2. The van der Waals surface area contributed by atoms with Crippen molar-refractivity contribution in [3.05, 3.63) is 28.2 Å². The zero-order valence-corrected chi connectivity index (χ0v) is 10.1. The lowest BCUT2D eigenvalue weighted by molar-refractivity contribution is 0.501. The molecule has 4 heteroatoms. The van der Waals surface area contributed by atoms with Crippen LogP contribution in [-0.2, 0) is 0 Å². The van der Waals surface area contributed by atoms with Crippen LogP contribution < -0.4 is 10.2 Å². The smallest absolute Gasteiger partial charge is 0.0748 e. The number of benzene rings is 1. The second-order valence-electron chi connectivity index (χ2n) is 3.82. The number of hydrogen-bond acceptors (Lipinski definition) is 2. The first-order valence-electron chi connectivity index (χ1n) is 5.11. The van der Waals surface area contributed by atoms with E-state index in [9.17, 15) is 0 Å². The number of hydrogen-bond donors (Lipinski definition) is 1. The molecule has 2 nitrogen and oxygen atoms in total. The molecule has 15 heavy (non-hydrogen) atoms. The van der Waals surface area contributed by atoms with Crippen molar-refractivity contribution >= 4 is 28.9 Å². The monoisotopic (exact) mass is 244 g/mol. The van der Waals surface area contributed by atoms with Crippen molar-refractivity contribution in [3.63, 3.8) is 0 Å². The van der Waals surface area contributed by atoms with Gasteiger partial charge in [0.25, 0.3) is 0 Å². The number of anilines is 1. The van der Waals surface area contributed by atoms with Crippen LogP contribution in [0.5, 0.6) is 0 Å². The molecule has 1 aromatic carbocycles. The van der Waals surface area contributed by atoms with Gasteiger partial charge >= 0.3 is 0 Å². The number of halogens is 2. The summed E-state index contributed by atoms with van der Waals surface area (Å²) < 4.78 is 0. The van der Waals surface area contributed by atoms with Crippen molar-refractivity contribution in [3.8, 4) is 0 Å². The van der Waals surface area contributed by atoms with Gasteiger partial charge < -0.3 is 10.2 Å². The van der Waals surface area contributed by atoms with E-state index >= 15 is 0 Å². The van der Waals surface area contributed by atoms with E-state index in [0.717, 1.165) is 35.4 Å². The maximum atomic E-state index is 6.18. The minimum atomic E-state index is 0.427. The Morgan fingerprint density at radius 1 is 1.33 bits per heavy atom. The van der Waals surface area contributed by atoms with E-state index in [1.807, 2.05) is 18.2 Å². The third-order valence-corrected chi connectivity index (χ3v) is 3.34. The van der Waals surface area contributed by atoms with Crippen LogP contribution in [0.4, 0.5) is 5.69 Å². The van der Waals surface area contributed by atoms with Crippen molar-refractivity contribution in [2.75, 3.05) is 24.5 Å². The summed E-state index contributed by atoms with van der Waals surface area (Å²) in [6.07, 6.45) is 0. The van der Waals surface area contributed by atoms with E-state index < -0.39 is 0 Å². The molecule has 1 aliphatic rings. The summed E-state index contributed by atoms with van der Waals surface area (Å²) >= 11 is 12.4. The fourth-order valence-corrected chi connectivity index (χ4v) is 2.55. The summed E-state index contributed by atoms with van der Waals surface area (Å²) in [4.78, 5) is 2.27. The SMILES string of the molecule is CC1CNCCN1c1c(Cl)cccc1Cl. The van der Waals surface area contributed by atoms with Gasteiger partial charge in [0.2, 0.25) is 0 Å². The minimum Gasteiger partial charge on any atom is -0.364 e. The van der Waals surface area contributed by atoms with Crippen molar-refractivity contribution in [2.24, 2.45) is 0 Å². The third-order valence-electron chi connectivity index (χ3n) is 2.73. The summed E-state index contributed by atoms with van der Waals surface area (Å²) in [5.74, 6) is 0. The molecule has 0 radical (unpaired) electrons. The van der Waals surface area contributed by atoms with Gasteiger partial charge in [-0.25, -0.2) is 0 Å². The molecule has 1 aromatic rings. The molecule has 0 amide bonds. The lowest BCUT2D eigenvalue weighted by Crippen LogP contribution is -2.50. The van der Waals surface area contributed by atoms with Crippen molar-refractivity contribution in [2.45, 2.75) is 13.0 Å². The molecule has 0 saturated carbocycles. The van der Waals surface area contributed by atoms with Crippen LogP contribution in [0.3, 0.4) is 0 Å². The van der Waals surface area contributed by atoms with Crippen molar-refractivity contribution in [1.29, 1.82) is 0 Å². The maximum absolute atomic E-state index is 6.18. The van der Waals surface area contributed by atoms with Gasteiger partial charge in [-0.15, -0.1) is 0 Å². The summed E-state index contributed by atoms with van der Waals surface area (Å²) in [7, 11) is 0. The van der Waals surface area contributed by atoms with Crippen LogP contribution in [0.2, 0.25) is 10.0 Å². The van der Waals surface area contributed by atoms with Crippen LogP contribution in [0.25, 0.3) is 0 Å². The van der Waals surface area contributed by atoms with Crippen molar-refractivity contribution in [1.82, 2.24) is 5.32 Å². The van der Waals surface area contributed by atoms with Crippen LogP contribution in [0.1, 0.15) is 6.92 Å². The van der Waals surface area contributed by atoms with Crippen molar-refractivity contribution < 1.29 is 0 Å². The number of piperazine rings is 1. The second-order valence-corrected chi connectivity index (χ2v) is 4.63. The Labute approximate surface area is 100 Å². The second kappa shape index (κ2) is 4.60. The number of rotatable bonds is 1. The van der Waals surface area contributed by atoms with E-state index in [0.29, 0.717) is 6.04 Å². The van der Waals surface area contributed by atoms with Gasteiger partial charge in [-0.3, -0.25) is 0 Å². The zero-order chi connectivity index (χ0) is 10.8. The Bertz CT molecular complexity index is 334. The predicted octanol–water partition coefficient (Wildman–Crippen LogP) is 2.79. The van der Waals surface area contributed by atoms with E-state index in [2.05, 4.69) is 17.1 Å². The van der Waals surface area contributed by atoms with Gasteiger partial charge in [0.05, 0.1) is 15.7 Å². The highest BCUT2D eigenvalue weighted by Crippen LogP contribution is 2.34. The molecule has 2 rings (SSSR count). The lowest BCUT2D eigenvalue weighted by atomic mass is 10.2. The van der Waals surface area contributed by atoms with E-state index in [1.165, 1.54) is 0 Å². The number of para-hydroxylation sites is 1. The first-order valence-corrected chi connectivity index (χ1v) is 5.87. The Hall–Kier alpha value is -0.440. The summed E-state index contributed by atoms with van der Waals surface area (Å²) in [5, 5.41) is 4.81. The van der Waals surface area contributed by atoms with E-state index in [-0.39, 0.29) is 0 Å². The predicted molar refractivity (Wildman–Crippen MR) is 66.1 cm³/mol. The molecule has 1 N–H and O–H groups in total. The highest BCUT2D eigenvalue weighted by Gasteiger charge is 2.22. The average Bonchev–Trinajstić information content (AvgIpc) is 2.20. The molecule has 1 aliphatic heterocycles. The average molecular weight is 245 g/mol. The molecule has 1 saturated heterocycles. The highest BCUT2D eigenvalue weighted by molar-refractivity contribution is 6.39. The van der Waals surface area contributed by atoms with Gasteiger partial charge in [-0.1, -0.05) is 29.3 Å². The molecule has 82 valence electrons. The van der Waals surface area contributed by atoms with Crippen LogP contribution in [0, 0.1) is 0 Å². The van der Waals surface area contributed by atoms with Gasteiger partial charge in [-0.2, -0.15) is 0 Å². The quantitative estimate of drug-likeness (QED) is 0.818. The summed E-state index contributed by atoms with van der Waals surface area (Å²) in [6.45, 7) is 5.07. The molecule has 0 bridgehead atoms. The van der Waals surface area contributed by atoms with Gasteiger partial charge in [0.15, 0.2) is 0 Å². The van der Waals surface area contributed by atoms with Crippen LogP contribution >= 0.6 is 23.2 Å². The van der Waals surface area contributed by atoms with E-state index in [4.69, 9.17) is 23.2 Å². The maximum Gasteiger partial charge on any atom is 0.0748 e. The van der Waals surface area contributed by atoms with E-state index in [1.54, 1.807) is 0 Å².